The first-order valence-electron chi connectivity index (χ1n) is 7.11. The van der Waals surface area contributed by atoms with Crippen molar-refractivity contribution in [2.45, 2.75) is 33.7 Å². The number of aromatic nitrogens is 1. The smallest absolute Gasteiger partial charge is 0.224 e. The third-order valence-corrected chi connectivity index (χ3v) is 3.12. The molecule has 0 aliphatic rings. The number of hydrogen-bond acceptors (Lipinski definition) is 3. The largest absolute Gasteiger partial charge is 0.439 e. The van der Waals surface area contributed by atoms with Crippen LogP contribution in [0.5, 0.6) is 11.6 Å². The van der Waals surface area contributed by atoms with E-state index in [0.29, 0.717) is 5.88 Å². The minimum atomic E-state index is 0.706. The molecule has 0 unspecified atom stereocenters. The molecule has 0 saturated heterocycles. The first kappa shape index (κ1) is 14.5. The highest BCUT2D eigenvalue weighted by Crippen LogP contribution is 2.26. The lowest BCUT2D eigenvalue weighted by Crippen LogP contribution is -2.16. The predicted octanol–water partition coefficient (Wildman–Crippen LogP) is 3.99. The van der Waals surface area contributed by atoms with E-state index in [2.05, 4.69) is 30.2 Å². The van der Waals surface area contributed by atoms with Crippen LogP contribution in [0, 0.1) is 13.8 Å². The van der Waals surface area contributed by atoms with Crippen LogP contribution < -0.4 is 10.1 Å². The summed E-state index contributed by atoms with van der Waals surface area (Å²) in [5, 5.41) is 3.42. The van der Waals surface area contributed by atoms with Gasteiger partial charge in [0.25, 0.3) is 0 Å². The Balaban J connectivity index is 2.25. The number of ether oxygens (including phenoxy) is 1. The maximum absolute atomic E-state index is 5.95. The van der Waals surface area contributed by atoms with Crippen molar-refractivity contribution in [2.24, 2.45) is 0 Å². The van der Waals surface area contributed by atoms with Crippen molar-refractivity contribution >= 4 is 0 Å². The Morgan fingerprint density at radius 2 is 1.90 bits per heavy atom. The number of rotatable bonds is 6. The fraction of sp³-hybridized carbons (Fsp3) is 0.353. The van der Waals surface area contributed by atoms with Crippen molar-refractivity contribution in [2.75, 3.05) is 6.54 Å². The summed E-state index contributed by atoms with van der Waals surface area (Å²) in [7, 11) is 0. The van der Waals surface area contributed by atoms with Crippen LogP contribution in [-0.4, -0.2) is 11.5 Å². The van der Waals surface area contributed by atoms with E-state index < -0.39 is 0 Å². The maximum Gasteiger partial charge on any atom is 0.224 e. The first-order chi connectivity index (χ1) is 9.70. The second-order valence-corrected chi connectivity index (χ2v) is 4.96. The van der Waals surface area contributed by atoms with E-state index in [4.69, 9.17) is 4.74 Å². The van der Waals surface area contributed by atoms with Crippen LogP contribution in [0.3, 0.4) is 0 Å². The van der Waals surface area contributed by atoms with Gasteiger partial charge in [0, 0.05) is 17.8 Å². The lowest BCUT2D eigenvalue weighted by atomic mass is 10.1. The van der Waals surface area contributed by atoms with E-state index in [1.807, 2.05) is 37.3 Å². The molecule has 0 aliphatic carbocycles. The van der Waals surface area contributed by atoms with Gasteiger partial charge in [-0.15, -0.1) is 0 Å². The minimum Gasteiger partial charge on any atom is -0.439 e. The molecule has 0 fully saturated rings. The Morgan fingerprint density at radius 1 is 1.15 bits per heavy atom. The normalized spacial score (nSPS) is 10.6. The summed E-state index contributed by atoms with van der Waals surface area (Å²) < 4.78 is 5.95. The summed E-state index contributed by atoms with van der Waals surface area (Å²) in [4.78, 5) is 4.55. The number of pyridine rings is 1. The Labute approximate surface area is 121 Å². The van der Waals surface area contributed by atoms with E-state index in [-0.39, 0.29) is 0 Å². The van der Waals surface area contributed by atoms with Gasteiger partial charge in [-0.2, -0.15) is 0 Å². The molecule has 2 rings (SSSR count). The van der Waals surface area contributed by atoms with Crippen molar-refractivity contribution < 1.29 is 4.74 Å². The van der Waals surface area contributed by atoms with Crippen LogP contribution in [0.4, 0.5) is 0 Å². The quantitative estimate of drug-likeness (QED) is 0.806. The van der Waals surface area contributed by atoms with Gasteiger partial charge in [0.2, 0.25) is 5.88 Å². The molecule has 0 amide bonds. The zero-order valence-corrected chi connectivity index (χ0v) is 12.4. The van der Waals surface area contributed by atoms with E-state index >= 15 is 0 Å². The van der Waals surface area contributed by atoms with Crippen LogP contribution in [0.25, 0.3) is 0 Å². The summed E-state index contributed by atoms with van der Waals surface area (Å²) in [5.74, 6) is 1.53. The number of hydrogen-bond donors (Lipinski definition) is 1. The molecular weight excluding hydrogens is 248 g/mol. The molecule has 2 aromatic rings. The molecule has 0 spiro atoms. The van der Waals surface area contributed by atoms with Crippen LogP contribution in [0.15, 0.2) is 36.4 Å². The van der Waals surface area contributed by atoms with Crippen LogP contribution >= 0.6 is 0 Å². The summed E-state index contributed by atoms with van der Waals surface area (Å²) in [6.45, 7) is 8.05. The number of nitrogens with zero attached hydrogens (tertiary/aromatic N) is 1. The van der Waals surface area contributed by atoms with Gasteiger partial charge in [-0.1, -0.05) is 25.1 Å². The molecule has 0 saturated carbocycles. The summed E-state index contributed by atoms with van der Waals surface area (Å²) in [5.41, 5.74) is 3.33. The molecule has 0 radical (unpaired) electrons. The Morgan fingerprint density at radius 3 is 2.60 bits per heavy atom. The van der Waals surface area contributed by atoms with Gasteiger partial charge in [0.1, 0.15) is 5.75 Å². The van der Waals surface area contributed by atoms with Crippen LogP contribution in [0.2, 0.25) is 0 Å². The van der Waals surface area contributed by atoms with Gasteiger partial charge in [-0.3, -0.25) is 0 Å². The van der Waals surface area contributed by atoms with E-state index in [0.717, 1.165) is 36.5 Å². The van der Waals surface area contributed by atoms with E-state index in [1.54, 1.807) is 0 Å². The standard InChI is InChI=1S/C17H22N2O/c1-4-10-18-12-16-13(2)11-14(3)19-17(16)20-15-8-6-5-7-9-15/h5-9,11,18H,4,10,12H2,1-3H3. The first-order valence-corrected chi connectivity index (χ1v) is 7.11. The molecular formula is C17H22N2O. The monoisotopic (exact) mass is 270 g/mol. The predicted molar refractivity (Wildman–Crippen MR) is 82.2 cm³/mol. The highest BCUT2D eigenvalue weighted by molar-refractivity contribution is 5.38. The van der Waals surface area contributed by atoms with Gasteiger partial charge >= 0.3 is 0 Å². The highest BCUT2D eigenvalue weighted by atomic mass is 16.5. The second-order valence-electron chi connectivity index (χ2n) is 4.96. The molecule has 3 heteroatoms. The molecule has 1 aromatic heterocycles. The average molecular weight is 270 g/mol. The van der Waals surface area contributed by atoms with Crippen LogP contribution in [0.1, 0.15) is 30.2 Å². The number of aryl methyl sites for hydroxylation is 2. The van der Waals surface area contributed by atoms with Crippen molar-refractivity contribution in [1.29, 1.82) is 0 Å². The van der Waals surface area contributed by atoms with Crippen molar-refractivity contribution in [1.82, 2.24) is 10.3 Å². The molecule has 20 heavy (non-hydrogen) atoms. The highest BCUT2D eigenvalue weighted by Gasteiger charge is 2.10. The molecule has 0 atom stereocenters. The van der Waals surface area contributed by atoms with E-state index in [9.17, 15) is 0 Å². The second kappa shape index (κ2) is 7.06. The molecule has 3 nitrogen and oxygen atoms in total. The zero-order valence-electron chi connectivity index (χ0n) is 12.4. The molecule has 1 aromatic carbocycles. The number of benzene rings is 1. The van der Waals surface area contributed by atoms with Crippen LogP contribution in [-0.2, 0) is 6.54 Å². The topological polar surface area (TPSA) is 34.2 Å². The minimum absolute atomic E-state index is 0.706. The number of nitrogens with one attached hydrogen (secondary N) is 1. The maximum atomic E-state index is 5.95. The summed E-state index contributed by atoms with van der Waals surface area (Å²) in [6, 6.07) is 11.9. The third kappa shape index (κ3) is 3.81. The van der Waals surface area contributed by atoms with Gasteiger partial charge in [-0.05, 0) is 50.6 Å². The van der Waals surface area contributed by atoms with Crippen molar-refractivity contribution in [3.63, 3.8) is 0 Å². The summed E-state index contributed by atoms with van der Waals surface area (Å²) >= 11 is 0. The summed E-state index contributed by atoms with van der Waals surface area (Å²) in [6.07, 6.45) is 1.12. The number of para-hydroxylation sites is 1. The average Bonchev–Trinajstić information content (AvgIpc) is 2.43. The zero-order chi connectivity index (χ0) is 14.4. The molecule has 106 valence electrons. The lowest BCUT2D eigenvalue weighted by molar-refractivity contribution is 0.450. The fourth-order valence-corrected chi connectivity index (χ4v) is 2.12. The SMILES string of the molecule is CCCNCc1c(C)cc(C)nc1Oc1ccccc1. The molecule has 1 heterocycles. The Kier molecular flexibility index (Phi) is 5.13. The molecule has 0 aliphatic heterocycles. The Hall–Kier alpha value is -1.87. The van der Waals surface area contributed by atoms with Gasteiger partial charge in [0.05, 0.1) is 0 Å². The van der Waals surface area contributed by atoms with E-state index in [1.165, 1.54) is 5.56 Å². The van der Waals surface area contributed by atoms with Gasteiger partial charge in [-0.25, -0.2) is 4.98 Å². The molecule has 1 N–H and O–H groups in total. The lowest BCUT2D eigenvalue weighted by Gasteiger charge is -2.14. The van der Waals surface area contributed by atoms with Crippen molar-refractivity contribution in [3.8, 4) is 11.6 Å². The van der Waals surface area contributed by atoms with Crippen molar-refractivity contribution in [3.05, 3.63) is 53.2 Å². The third-order valence-electron chi connectivity index (χ3n) is 3.12. The van der Waals surface area contributed by atoms with Gasteiger partial charge < -0.3 is 10.1 Å². The van der Waals surface area contributed by atoms with Gasteiger partial charge in [0.15, 0.2) is 0 Å². The fourth-order valence-electron chi connectivity index (χ4n) is 2.12. The molecule has 0 bridgehead atoms. The Bertz CT molecular complexity index is 552.